The number of ether oxygens (including phenoxy) is 1. The number of amides is 1. The number of carbonyl (C=O) groups excluding carboxylic acids is 1. The maximum absolute atomic E-state index is 12.1. The first-order chi connectivity index (χ1) is 12.7. The maximum Gasteiger partial charge on any atom is 0.224 e. The fourth-order valence-electron chi connectivity index (χ4n) is 2.70. The van der Waals surface area contributed by atoms with E-state index >= 15 is 0 Å². The van der Waals surface area contributed by atoms with E-state index in [1.54, 1.807) is 6.20 Å². The zero-order chi connectivity index (χ0) is 18.2. The molecular weight excluding hydrogens is 326 g/mol. The molecule has 0 aliphatic rings. The first-order valence-corrected chi connectivity index (χ1v) is 8.82. The van der Waals surface area contributed by atoms with E-state index in [1.807, 2.05) is 60.3 Å². The fraction of sp³-hybridized carbons (Fsp3) is 0.238. The third-order valence-corrected chi connectivity index (χ3v) is 4.04. The van der Waals surface area contributed by atoms with Gasteiger partial charge >= 0.3 is 0 Å². The van der Waals surface area contributed by atoms with Gasteiger partial charge in [-0.15, -0.1) is 0 Å². The zero-order valence-electron chi connectivity index (χ0n) is 14.9. The van der Waals surface area contributed by atoms with Crippen LogP contribution in [0.3, 0.4) is 0 Å². The van der Waals surface area contributed by atoms with Gasteiger partial charge in [-0.25, -0.2) is 4.68 Å². The topological polar surface area (TPSA) is 56.1 Å². The van der Waals surface area contributed by atoms with Gasteiger partial charge in [0.15, 0.2) is 0 Å². The Morgan fingerprint density at radius 2 is 1.81 bits per heavy atom. The Morgan fingerprint density at radius 1 is 1.08 bits per heavy atom. The molecule has 1 N–H and O–H groups in total. The van der Waals surface area contributed by atoms with Crippen LogP contribution in [0.5, 0.6) is 5.75 Å². The smallest absolute Gasteiger partial charge is 0.224 e. The molecule has 0 aliphatic carbocycles. The second-order valence-electron chi connectivity index (χ2n) is 5.97. The van der Waals surface area contributed by atoms with Gasteiger partial charge in [0.25, 0.3) is 0 Å². The number of rotatable bonds is 8. The summed E-state index contributed by atoms with van der Waals surface area (Å²) in [5.41, 5.74) is 3.19. The summed E-state index contributed by atoms with van der Waals surface area (Å²) in [6, 6.07) is 17.7. The highest BCUT2D eigenvalue weighted by Crippen LogP contribution is 2.12. The molecule has 0 spiro atoms. The molecule has 1 heterocycles. The highest BCUT2D eigenvalue weighted by atomic mass is 16.5. The molecule has 1 aromatic heterocycles. The van der Waals surface area contributed by atoms with Crippen molar-refractivity contribution in [2.24, 2.45) is 0 Å². The summed E-state index contributed by atoms with van der Waals surface area (Å²) < 4.78 is 7.23. The molecule has 5 nitrogen and oxygen atoms in total. The third kappa shape index (κ3) is 4.96. The standard InChI is InChI=1S/C21H23N3O2/c1-2-26-20-10-6-18(7-11-20)16-21(25)22-14-12-17-4-8-19(9-5-17)24-15-3-13-23-24/h3-11,13,15H,2,12,14,16H2,1H3,(H,22,25). The van der Waals surface area contributed by atoms with Crippen LogP contribution < -0.4 is 10.1 Å². The number of hydrogen-bond acceptors (Lipinski definition) is 3. The van der Waals surface area contributed by atoms with Crippen LogP contribution in [-0.2, 0) is 17.6 Å². The van der Waals surface area contributed by atoms with Gasteiger partial charge in [0.1, 0.15) is 5.75 Å². The minimum atomic E-state index is 0.0299. The van der Waals surface area contributed by atoms with Gasteiger partial charge < -0.3 is 10.1 Å². The number of carbonyl (C=O) groups is 1. The quantitative estimate of drug-likeness (QED) is 0.680. The third-order valence-electron chi connectivity index (χ3n) is 4.04. The fourth-order valence-corrected chi connectivity index (χ4v) is 2.70. The Morgan fingerprint density at radius 3 is 2.46 bits per heavy atom. The Labute approximate surface area is 153 Å². The number of nitrogens with zero attached hydrogens (tertiary/aromatic N) is 2. The summed E-state index contributed by atoms with van der Waals surface area (Å²) in [5, 5.41) is 7.18. The highest BCUT2D eigenvalue weighted by Gasteiger charge is 2.04. The van der Waals surface area contributed by atoms with E-state index in [1.165, 1.54) is 5.56 Å². The van der Waals surface area contributed by atoms with Gasteiger partial charge in [-0.2, -0.15) is 5.10 Å². The molecule has 0 aliphatic heterocycles. The van der Waals surface area contributed by atoms with Crippen molar-refractivity contribution in [2.45, 2.75) is 19.8 Å². The summed E-state index contributed by atoms with van der Waals surface area (Å²) in [6.07, 6.45) is 4.85. The largest absolute Gasteiger partial charge is 0.494 e. The van der Waals surface area contributed by atoms with Crippen LogP contribution >= 0.6 is 0 Å². The SMILES string of the molecule is CCOc1ccc(CC(=O)NCCc2ccc(-n3cccn3)cc2)cc1. The maximum atomic E-state index is 12.1. The van der Waals surface area contributed by atoms with Crippen molar-refractivity contribution in [1.29, 1.82) is 0 Å². The van der Waals surface area contributed by atoms with Crippen molar-refractivity contribution >= 4 is 5.91 Å². The lowest BCUT2D eigenvalue weighted by Crippen LogP contribution is -2.27. The van der Waals surface area contributed by atoms with Crippen LogP contribution in [0.4, 0.5) is 0 Å². The molecule has 2 aromatic carbocycles. The number of benzene rings is 2. The molecule has 3 aromatic rings. The second kappa shape index (κ2) is 8.85. The normalized spacial score (nSPS) is 10.5. The number of aromatic nitrogens is 2. The van der Waals surface area contributed by atoms with E-state index < -0.39 is 0 Å². The van der Waals surface area contributed by atoms with Crippen LogP contribution in [0.15, 0.2) is 67.0 Å². The molecule has 0 fully saturated rings. The molecule has 0 atom stereocenters. The Kier molecular flexibility index (Phi) is 6.04. The highest BCUT2D eigenvalue weighted by molar-refractivity contribution is 5.78. The van der Waals surface area contributed by atoms with Crippen LogP contribution in [0.2, 0.25) is 0 Å². The van der Waals surface area contributed by atoms with E-state index in [2.05, 4.69) is 22.5 Å². The molecule has 0 unspecified atom stereocenters. The number of nitrogens with one attached hydrogen (secondary N) is 1. The van der Waals surface area contributed by atoms with Crippen molar-refractivity contribution in [2.75, 3.05) is 13.2 Å². The van der Waals surface area contributed by atoms with Gasteiger partial charge in [-0.05, 0) is 54.8 Å². The van der Waals surface area contributed by atoms with Gasteiger partial charge in [0.2, 0.25) is 5.91 Å². The summed E-state index contributed by atoms with van der Waals surface area (Å²) in [6.45, 7) is 3.21. The molecule has 0 saturated carbocycles. The Balaban J connectivity index is 1.43. The molecule has 134 valence electrons. The second-order valence-corrected chi connectivity index (χ2v) is 5.97. The minimum absolute atomic E-state index is 0.0299. The van der Waals surface area contributed by atoms with Gasteiger partial charge in [0.05, 0.1) is 18.7 Å². The van der Waals surface area contributed by atoms with E-state index in [0.717, 1.165) is 23.4 Å². The summed E-state index contributed by atoms with van der Waals surface area (Å²) in [5.74, 6) is 0.859. The summed E-state index contributed by atoms with van der Waals surface area (Å²) in [7, 11) is 0. The molecule has 0 saturated heterocycles. The molecule has 1 amide bonds. The van der Waals surface area contributed by atoms with Crippen molar-refractivity contribution < 1.29 is 9.53 Å². The van der Waals surface area contributed by atoms with Crippen molar-refractivity contribution in [3.63, 3.8) is 0 Å². The van der Waals surface area contributed by atoms with E-state index in [-0.39, 0.29) is 5.91 Å². The Bertz CT molecular complexity index is 809. The van der Waals surface area contributed by atoms with Gasteiger partial charge in [-0.3, -0.25) is 4.79 Å². The summed E-state index contributed by atoms with van der Waals surface area (Å²) >= 11 is 0. The lowest BCUT2D eigenvalue weighted by Gasteiger charge is -2.08. The van der Waals surface area contributed by atoms with E-state index in [0.29, 0.717) is 19.6 Å². The van der Waals surface area contributed by atoms with Crippen LogP contribution in [0.25, 0.3) is 5.69 Å². The van der Waals surface area contributed by atoms with Crippen molar-refractivity contribution in [1.82, 2.24) is 15.1 Å². The zero-order valence-corrected chi connectivity index (χ0v) is 14.9. The first kappa shape index (κ1) is 17.7. The van der Waals surface area contributed by atoms with E-state index in [4.69, 9.17) is 4.74 Å². The molecule has 0 radical (unpaired) electrons. The monoisotopic (exact) mass is 349 g/mol. The predicted octanol–water partition coefficient (Wildman–Crippen LogP) is 3.17. The molecule has 0 bridgehead atoms. The van der Waals surface area contributed by atoms with Gasteiger partial charge in [0, 0.05) is 18.9 Å². The van der Waals surface area contributed by atoms with Crippen LogP contribution in [0.1, 0.15) is 18.1 Å². The van der Waals surface area contributed by atoms with Crippen molar-refractivity contribution in [3.05, 3.63) is 78.1 Å². The Hall–Kier alpha value is -3.08. The molecular formula is C21H23N3O2. The minimum Gasteiger partial charge on any atom is -0.494 e. The van der Waals surface area contributed by atoms with Crippen molar-refractivity contribution in [3.8, 4) is 11.4 Å². The van der Waals surface area contributed by atoms with Crippen LogP contribution in [-0.4, -0.2) is 28.8 Å². The lowest BCUT2D eigenvalue weighted by molar-refractivity contribution is -0.120. The average molecular weight is 349 g/mol. The molecule has 3 rings (SSSR count). The predicted molar refractivity (Wildman–Crippen MR) is 102 cm³/mol. The summed E-state index contributed by atoms with van der Waals surface area (Å²) in [4.78, 5) is 12.1. The molecule has 26 heavy (non-hydrogen) atoms. The lowest BCUT2D eigenvalue weighted by atomic mass is 10.1. The van der Waals surface area contributed by atoms with Gasteiger partial charge in [-0.1, -0.05) is 24.3 Å². The van der Waals surface area contributed by atoms with Crippen LogP contribution in [0, 0.1) is 0 Å². The number of hydrogen-bond donors (Lipinski definition) is 1. The average Bonchev–Trinajstić information content (AvgIpc) is 3.19. The van der Waals surface area contributed by atoms with E-state index in [9.17, 15) is 4.79 Å². The molecule has 5 heteroatoms. The first-order valence-electron chi connectivity index (χ1n) is 8.82.